The lowest BCUT2D eigenvalue weighted by atomic mass is 9.93. The Morgan fingerprint density at radius 2 is 0.471 bits per heavy atom. The molecule has 0 aliphatic rings. The molecule has 19 aromatic carbocycles. The van der Waals surface area contributed by atoms with E-state index in [0.717, 1.165) is 145 Å². The standard InChI is InChI=1S/2C45H29N3.C37H25N3/c1-2-10-30(11-3-1)31-19-21-32(22-20-31)43-28-44(34-13-8-12-33(26-34)36-14-9-25-46-29-36)48-45(47-43)35-23-24-41-39-17-5-4-15-37(39)38-16-6-7-18-40(38)42(41)27-35;1-2-10-30(11-3-1)31-19-21-32(22-20-31)43-29-44(37-14-8-13-33(26-37)34-23-24-42-36(27-34)15-9-25-46-42)48-45(47-43)41-28-35-12-4-5-16-38(35)39-17-6-7-18-40(39)41;1-3-11-26(12-4-1)28-16-9-18-30(21-28)35-23-36(40-37(39-35)27-13-5-2-6-14-27)31-19-10-17-29(22-31)34-25-38-24-32-15-7-8-20-33(32)34/h2*1-29H;1-25H. The van der Waals surface area contributed by atoms with Crippen molar-refractivity contribution in [3.05, 3.63) is 504 Å². The average molecular weight is 1740 g/mol. The maximum Gasteiger partial charge on any atom is 0.161 e. The zero-order valence-corrected chi connectivity index (χ0v) is 73.9. The fraction of sp³-hybridized carbons (Fsp3) is 0. The van der Waals surface area contributed by atoms with Gasteiger partial charge in [0.15, 0.2) is 17.5 Å². The van der Waals surface area contributed by atoms with E-state index in [-0.39, 0.29) is 0 Å². The number of hydrogen-bond donors (Lipinski definition) is 0. The summed E-state index contributed by atoms with van der Waals surface area (Å²) >= 11 is 0. The van der Waals surface area contributed by atoms with Crippen LogP contribution in [0.5, 0.6) is 0 Å². The van der Waals surface area contributed by atoms with Crippen LogP contribution in [0.3, 0.4) is 0 Å². The van der Waals surface area contributed by atoms with Crippen LogP contribution in [-0.2, 0) is 0 Å². The summed E-state index contributed by atoms with van der Waals surface area (Å²) in [5.41, 5.74) is 29.2. The summed E-state index contributed by atoms with van der Waals surface area (Å²) in [6.45, 7) is 0. The first-order chi connectivity index (χ1) is 67.4. The molecule has 6 heterocycles. The first kappa shape index (κ1) is 82.1. The van der Waals surface area contributed by atoms with Crippen LogP contribution in [0, 0.1) is 0 Å². The SMILES string of the molecule is c1ccc(-c2ccc(-c3cc(-c4cccc(-c5ccc6ncccc6c5)c4)nc(-c4cc5ccccc5c5ccccc45)n3)cc2)cc1.c1ccc(-c2ccc(-c3cc(-c4cccc(-c5cccnc5)c4)nc(-c4ccc5c6ccccc6c6ccccc6c5c4)n3)cc2)cc1.c1ccc(-c2cccc(-c3cc(-c4cccc(-c5cncc6ccccc56)c4)nc(-c4ccccc4)n3)c2)cc1. The molecule has 0 atom stereocenters. The average Bonchev–Trinajstić information content (AvgIpc) is 0.739. The fourth-order valence-corrected chi connectivity index (χ4v) is 18.6. The van der Waals surface area contributed by atoms with E-state index in [4.69, 9.17) is 29.9 Å². The quantitative estimate of drug-likeness (QED) is 0.0925. The Kier molecular flexibility index (Phi) is 22.3. The summed E-state index contributed by atoms with van der Waals surface area (Å²) in [6.07, 6.45) is 9.38. The van der Waals surface area contributed by atoms with E-state index >= 15 is 0 Å². The second-order valence-corrected chi connectivity index (χ2v) is 33.9. The van der Waals surface area contributed by atoms with Crippen LogP contribution in [0.25, 0.3) is 244 Å². The molecule has 0 saturated heterocycles. The minimum absolute atomic E-state index is 0.695. The molecule has 0 saturated carbocycles. The van der Waals surface area contributed by atoms with Gasteiger partial charge >= 0.3 is 0 Å². The van der Waals surface area contributed by atoms with E-state index in [9.17, 15) is 0 Å². The second-order valence-electron chi connectivity index (χ2n) is 33.9. The molecule has 6 aromatic heterocycles. The summed E-state index contributed by atoms with van der Waals surface area (Å²) in [7, 11) is 0. The molecule has 136 heavy (non-hydrogen) atoms. The Hall–Kier alpha value is -18.3. The van der Waals surface area contributed by atoms with Gasteiger partial charge in [0.2, 0.25) is 0 Å². The zero-order valence-electron chi connectivity index (χ0n) is 73.9. The highest BCUT2D eigenvalue weighted by atomic mass is 14.9. The molecule has 0 bridgehead atoms. The molecule has 0 unspecified atom stereocenters. The molecule has 0 aliphatic heterocycles. The van der Waals surface area contributed by atoms with E-state index < -0.39 is 0 Å². The third kappa shape index (κ3) is 16.9. The van der Waals surface area contributed by atoms with Crippen molar-refractivity contribution in [3.8, 4) is 168 Å². The van der Waals surface area contributed by atoms with Gasteiger partial charge in [0.1, 0.15) is 0 Å². The minimum Gasteiger partial charge on any atom is -0.264 e. The van der Waals surface area contributed by atoms with Gasteiger partial charge in [0.05, 0.1) is 39.7 Å². The van der Waals surface area contributed by atoms with E-state index in [1.54, 1.807) is 6.20 Å². The van der Waals surface area contributed by atoms with Crippen LogP contribution in [0.1, 0.15) is 0 Å². The van der Waals surface area contributed by atoms with Crippen LogP contribution in [-0.4, -0.2) is 44.9 Å². The van der Waals surface area contributed by atoms with Gasteiger partial charge in [-0.05, 0) is 194 Å². The fourth-order valence-electron chi connectivity index (χ4n) is 18.6. The van der Waals surface area contributed by atoms with Crippen LogP contribution in [0.15, 0.2) is 504 Å². The first-order valence-electron chi connectivity index (χ1n) is 45.7. The second kappa shape index (κ2) is 36.9. The lowest BCUT2D eigenvalue weighted by Crippen LogP contribution is -1.97. The van der Waals surface area contributed by atoms with Gasteiger partial charge in [0, 0.05) is 103 Å². The maximum absolute atomic E-state index is 5.29. The maximum atomic E-state index is 5.29. The molecule has 25 aromatic rings. The molecule has 636 valence electrons. The summed E-state index contributed by atoms with van der Waals surface area (Å²) in [5, 5.41) is 15.6. The Balaban J connectivity index is 0.000000115. The molecular formula is C127H83N9. The van der Waals surface area contributed by atoms with Gasteiger partial charge < -0.3 is 0 Å². The van der Waals surface area contributed by atoms with Gasteiger partial charge in [-0.1, -0.05) is 394 Å². The minimum atomic E-state index is 0.695. The van der Waals surface area contributed by atoms with Gasteiger partial charge in [-0.2, -0.15) is 0 Å². The van der Waals surface area contributed by atoms with E-state index in [0.29, 0.717) is 17.5 Å². The van der Waals surface area contributed by atoms with Crippen LogP contribution in [0.2, 0.25) is 0 Å². The van der Waals surface area contributed by atoms with E-state index in [2.05, 4.69) is 434 Å². The number of fused-ring (bicyclic) bond motifs is 11. The number of rotatable bonds is 15. The molecule has 0 fully saturated rings. The lowest BCUT2D eigenvalue weighted by Gasteiger charge is -2.14. The number of pyridine rings is 3. The summed E-state index contributed by atoms with van der Waals surface area (Å²) < 4.78 is 0. The van der Waals surface area contributed by atoms with Crippen molar-refractivity contribution < 1.29 is 0 Å². The number of aromatic nitrogens is 9. The highest BCUT2D eigenvalue weighted by Gasteiger charge is 2.21. The van der Waals surface area contributed by atoms with Crippen molar-refractivity contribution in [2.24, 2.45) is 0 Å². The summed E-state index contributed by atoms with van der Waals surface area (Å²) in [6, 6.07) is 166. The van der Waals surface area contributed by atoms with Gasteiger partial charge in [-0.25, -0.2) is 29.9 Å². The zero-order chi connectivity index (χ0) is 90.5. The Morgan fingerprint density at radius 3 is 1.00 bits per heavy atom. The van der Waals surface area contributed by atoms with E-state index in [1.165, 1.54) is 81.7 Å². The molecule has 0 amide bonds. The Bertz CT molecular complexity index is 8720. The number of hydrogen-bond acceptors (Lipinski definition) is 9. The number of nitrogens with zero attached hydrogens (tertiary/aromatic N) is 9. The predicted molar refractivity (Wildman–Crippen MR) is 564 cm³/mol. The molecule has 9 heteroatoms. The van der Waals surface area contributed by atoms with E-state index in [1.807, 2.05) is 79.4 Å². The number of benzene rings is 19. The van der Waals surface area contributed by atoms with Crippen molar-refractivity contribution >= 4 is 75.5 Å². The topological polar surface area (TPSA) is 116 Å². The lowest BCUT2D eigenvalue weighted by molar-refractivity contribution is 1.18. The molecule has 9 nitrogen and oxygen atoms in total. The van der Waals surface area contributed by atoms with Crippen LogP contribution >= 0.6 is 0 Å². The monoisotopic (exact) mass is 1730 g/mol. The van der Waals surface area contributed by atoms with Crippen molar-refractivity contribution in [2.75, 3.05) is 0 Å². The molecule has 0 aliphatic carbocycles. The smallest absolute Gasteiger partial charge is 0.161 e. The Labute approximate surface area is 787 Å². The first-order valence-corrected chi connectivity index (χ1v) is 45.7. The largest absolute Gasteiger partial charge is 0.264 e. The highest BCUT2D eigenvalue weighted by Crippen LogP contribution is 2.43. The van der Waals surface area contributed by atoms with Gasteiger partial charge in [0.25, 0.3) is 0 Å². The molecule has 25 rings (SSSR count). The highest BCUT2D eigenvalue weighted by molar-refractivity contribution is 6.26. The predicted octanol–water partition coefficient (Wildman–Crippen LogP) is 32.7. The van der Waals surface area contributed by atoms with Crippen LogP contribution in [0.4, 0.5) is 0 Å². The molecular weight excluding hydrogens is 1650 g/mol. The summed E-state index contributed by atoms with van der Waals surface area (Å²) in [4.78, 5) is 44.4. The van der Waals surface area contributed by atoms with Crippen molar-refractivity contribution in [1.82, 2.24) is 44.9 Å². The van der Waals surface area contributed by atoms with Gasteiger partial charge in [-0.15, -0.1) is 0 Å². The van der Waals surface area contributed by atoms with Crippen molar-refractivity contribution in [3.63, 3.8) is 0 Å². The molecule has 0 N–H and O–H groups in total. The van der Waals surface area contributed by atoms with Crippen molar-refractivity contribution in [1.29, 1.82) is 0 Å². The third-order valence-corrected chi connectivity index (χ3v) is 25.4. The van der Waals surface area contributed by atoms with Crippen molar-refractivity contribution in [2.45, 2.75) is 0 Å². The molecule has 0 radical (unpaired) electrons. The van der Waals surface area contributed by atoms with Gasteiger partial charge in [-0.3, -0.25) is 15.0 Å². The normalized spacial score (nSPS) is 11.2. The summed E-state index contributed by atoms with van der Waals surface area (Å²) in [5.74, 6) is 2.11. The third-order valence-electron chi connectivity index (χ3n) is 25.4. The molecule has 0 spiro atoms. The Morgan fingerprint density at radius 1 is 0.132 bits per heavy atom. The van der Waals surface area contributed by atoms with Crippen LogP contribution < -0.4 is 0 Å².